The molecule has 0 spiro atoms. The second-order valence-corrected chi connectivity index (χ2v) is 5.59. The maximum Gasteiger partial charge on any atom is 0.0233 e. The number of hydrogen-bond donors (Lipinski definition) is 1. The van der Waals surface area contributed by atoms with Crippen molar-refractivity contribution in [2.24, 2.45) is 17.6 Å². The fourth-order valence-electron chi connectivity index (χ4n) is 3.24. The normalized spacial score (nSPS) is 38.1. The minimum Gasteiger partial charge on any atom is -0.325 e. The van der Waals surface area contributed by atoms with Crippen molar-refractivity contribution in [1.82, 2.24) is 4.90 Å². The average Bonchev–Trinajstić information content (AvgIpc) is 2.83. The highest BCUT2D eigenvalue weighted by Gasteiger charge is 2.59. The molecule has 2 fully saturated rings. The molecule has 2 aliphatic rings. The van der Waals surface area contributed by atoms with E-state index < -0.39 is 0 Å². The fraction of sp³-hybridized carbons (Fsp3) is 0.571. The Morgan fingerprint density at radius 3 is 2.75 bits per heavy atom. The Bertz CT molecular complexity index is 372. The molecule has 1 aliphatic carbocycles. The quantitative estimate of drug-likeness (QED) is 0.817. The van der Waals surface area contributed by atoms with Gasteiger partial charge in [-0.15, -0.1) is 0 Å². The molecular formula is C14H20N2. The van der Waals surface area contributed by atoms with Crippen LogP contribution in [0.5, 0.6) is 0 Å². The summed E-state index contributed by atoms with van der Waals surface area (Å²) in [6.45, 7) is 5.70. The van der Waals surface area contributed by atoms with Crippen LogP contribution in [0.4, 0.5) is 0 Å². The van der Waals surface area contributed by atoms with Crippen LogP contribution in [-0.4, -0.2) is 23.5 Å². The van der Waals surface area contributed by atoms with Gasteiger partial charge < -0.3 is 5.73 Å². The third-order valence-corrected chi connectivity index (χ3v) is 4.43. The minimum atomic E-state index is 0.130. The number of piperidine rings is 1. The summed E-state index contributed by atoms with van der Waals surface area (Å²) in [6.07, 6.45) is 1.28. The van der Waals surface area contributed by atoms with Gasteiger partial charge in [-0.3, -0.25) is 4.90 Å². The first kappa shape index (κ1) is 10.3. The highest BCUT2D eigenvalue weighted by atomic mass is 15.2. The summed E-state index contributed by atoms with van der Waals surface area (Å²) in [4.78, 5) is 2.55. The summed E-state index contributed by atoms with van der Waals surface area (Å²) >= 11 is 0. The molecule has 1 saturated heterocycles. The van der Waals surface area contributed by atoms with Crippen LogP contribution in [0.15, 0.2) is 30.3 Å². The van der Waals surface area contributed by atoms with Gasteiger partial charge in [-0.1, -0.05) is 30.3 Å². The summed E-state index contributed by atoms with van der Waals surface area (Å²) in [5.74, 6) is 1.53. The molecule has 0 amide bonds. The molecule has 1 aromatic rings. The van der Waals surface area contributed by atoms with E-state index in [0.717, 1.165) is 18.4 Å². The summed E-state index contributed by atoms with van der Waals surface area (Å²) < 4.78 is 0. The molecule has 1 aliphatic heterocycles. The van der Waals surface area contributed by atoms with E-state index in [1.165, 1.54) is 25.1 Å². The molecule has 0 aromatic heterocycles. The van der Waals surface area contributed by atoms with E-state index in [1.54, 1.807) is 0 Å². The lowest BCUT2D eigenvalue weighted by Crippen LogP contribution is -2.31. The molecule has 86 valence electrons. The monoisotopic (exact) mass is 216 g/mol. The van der Waals surface area contributed by atoms with Crippen molar-refractivity contribution in [2.75, 3.05) is 13.1 Å². The average molecular weight is 216 g/mol. The van der Waals surface area contributed by atoms with Crippen molar-refractivity contribution in [3.8, 4) is 0 Å². The van der Waals surface area contributed by atoms with Crippen LogP contribution in [0.3, 0.4) is 0 Å². The van der Waals surface area contributed by atoms with Gasteiger partial charge in [0.15, 0.2) is 0 Å². The molecule has 3 unspecified atom stereocenters. The molecule has 1 saturated carbocycles. The Balaban J connectivity index is 1.62. The van der Waals surface area contributed by atoms with Gasteiger partial charge >= 0.3 is 0 Å². The van der Waals surface area contributed by atoms with Crippen LogP contribution in [-0.2, 0) is 6.54 Å². The largest absolute Gasteiger partial charge is 0.325 e. The molecule has 1 aromatic carbocycles. The smallest absolute Gasteiger partial charge is 0.0233 e. The van der Waals surface area contributed by atoms with E-state index >= 15 is 0 Å². The molecule has 16 heavy (non-hydrogen) atoms. The standard InChI is InChI=1S/C14H20N2/c1-14(15)12-7-8-16(10-13(12)14)9-11-5-3-2-4-6-11/h2-6,12-13H,7-10,15H2,1H3. The minimum absolute atomic E-state index is 0.130. The van der Waals surface area contributed by atoms with Crippen LogP contribution < -0.4 is 5.73 Å². The van der Waals surface area contributed by atoms with Gasteiger partial charge in [0.2, 0.25) is 0 Å². The van der Waals surface area contributed by atoms with E-state index in [1.807, 2.05) is 0 Å². The Hall–Kier alpha value is -0.860. The number of fused-ring (bicyclic) bond motifs is 1. The van der Waals surface area contributed by atoms with Gasteiger partial charge in [-0.25, -0.2) is 0 Å². The molecule has 0 bridgehead atoms. The number of likely N-dealkylation sites (tertiary alicyclic amines) is 1. The number of rotatable bonds is 2. The number of benzene rings is 1. The third kappa shape index (κ3) is 1.66. The molecule has 2 N–H and O–H groups in total. The van der Waals surface area contributed by atoms with E-state index in [9.17, 15) is 0 Å². The van der Waals surface area contributed by atoms with Gasteiger partial charge in [-0.05, 0) is 37.3 Å². The highest BCUT2D eigenvalue weighted by Crippen LogP contribution is 2.53. The molecule has 1 heterocycles. The van der Waals surface area contributed by atoms with E-state index in [4.69, 9.17) is 5.73 Å². The molecular weight excluding hydrogens is 196 g/mol. The van der Waals surface area contributed by atoms with Gasteiger partial charge in [-0.2, -0.15) is 0 Å². The third-order valence-electron chi connectivity index (χ3n) is 4.43. The maximum absolute atomic E-state index is 6.24. The van der Waals surface area contributed by atoms with Crippen molar-refractivity contribution in [3.05, 3.63) is 35.9 Å². The van der Waals surface area contributed by atoms with Crippen molar-refractivity contribution in [1.29, 1.82) is 0 Å². The van der Waals surface area contributed by atoms with Crippen molar-refractivity contribution >= 4 is 0 Å². The summed E-state index contributed by atoms with van der Waals surface area (Å²) in [5, 5.41) is 0. The van der Waals surface area contributed by atoms with Crippen LogP contribution in [0.25, 0.3) is 0 Å². The van der Waals surface area contributed by atoms with Gasteiger partial charge in [0.25, 0.3) is 0 Å². The van der Waals surface area contributed by atoms with Crippen molar-refractivity contribution in [2.45, 2.75) is 25.4 Å². The Labute approximate surface area is 97.4 Å². The van der Waals surface area contributed by atoms with Crippen LogP contribution >= 0.6 is 0 Å². The predicted molar refractivity (Wildman–Crippen MR) is 65.9 cm³/mol. The Kier molecular flexibility index (Phi) is 2.30. The van der Waals surface area contributed by atoms with Gasteiger partial charge in [0, 0.05) is 18.6 Å². The van der Waals surface area contributed by atoms with E-state index in [0.29, 0.717) is 0 Å². The summed E-state index contributed by atoms with van der Waals surface area (Å²) in [5.41, 5.74) is 7.79. The lowest BCUT2D eigenvalue weighted by Gasteiger charge is -2.25. The Morgan fingerprint density at radius 2 is 2.06 bits per heavy atom. The SMILES string of the molecule is CC1(N)C2CCN(Cc3ccccc3)CC21. The van der Waals surface area contributed by atoms with Crippen LogP contribution in [0.2, 0.25) is 0 Å². The maximum atomic E-state index is 6.24. The number of nitrogens with two attached hydrogens (primary N) is 1. The zero-order chi connectivity index (χ0) is 11.2. The molecule has 0 radical (unpaired) electrons. The molecule has 2 heteroatoms. The van der Waals surface area contributed by atoms with Gasteiger partial charge in [0.05, 0.1) is 0 Å². The second-order valence-electron chi connectivity index (χ2n) is 5.59. The highest BCUT2D eigenvalue weighted by molar-refractivity contribution is 5.18. The zero-order valence-electron chi connectivity index (χ0n) is 9.89. The van der Waals surface area contributed by atoms with Crippen molar-refractivity contribution in [3.63, 3.8) is 0 Å². The molecule has 3 atom stereocenters. The predicted octanol–water partition coefficient (Wildman–Crippen LogP) is 1.86. The first-order valence-electron chi connectivity index (χ1n) is 6.23. The first-order valence-corrected chi connectivity index (χ1v) is 6.23. The first-order chi connectivity index (χ1) is 7.68. The Morgan fingerprint density at radius 1 is 1.31 bits per heavy atom. The topological polar surface area (TPSA) is 29.3 Å². The number of nitrogens with zero attached hydrogens (tertiary/aromatic N) is 1. The fourth-order valence-corrected chi connectivity index (χ4v) is 3.24. The van der Waals surface area contributed by atoms with Crippen LogP contribution in [0, 0.1) is 11.8 Å². The van der Waals surface area contributed by atoms with E-state index in [2.05, 4.69) is 42.2 Å². The zero-order valence-corrected chi connectivity index (χ0v) is 9.89. The molecule has 2 nitrogen and oxygen atoms in total. The van der Waals surface area contributed by atoms with E-state index in [-0.39, 0.29) is 5.54 Å². The van der Waals surface area contributed by atoms with Gasteiger partial charge in [0.1, 0.15) is 0 Å². The summed E-state index contributed by atoms with van der Waals surface area (Å²) in [7, 11) is 0. The van der Waals surface area contributed by atoms with Crippen LogP contribution in [0.1, 0.15) is 18.9 Å². The summed E-state index contributed by atoms with van der Waals surface area (Å²) in [6, 6.07) is 10.7. The number of hydrogen-bond acceptors (Lipinski definition) is 2. The lowest BCUT2D eigenvalue weighted by molar-refractivity contribution is 0.211. The lowest BCUT2D eigenvalue weighted by atomic mass is 10.1. The second kappa shape index (κ2) is 3.57. The molecule has 3 rings (SSSR count). The van der Waals surface area contributed by atoms with Crippen molar-refractivity contribution < 1.29 is 0 Å².